The third kappa shape index (κ3) is 3.54. The molecule has 1 aliphatic heterocycles. The molecule has 2 aromatic carbocycles. The molecule has 2 aromatic rings. The Hall–Kier alpha value is -2.90. The summed E-state index contributed by atoms with van der Waals surface area (Å²) in [5, 5.41) is 11.5. The summed E-state index contributed by atoms with van der Waals surface area (Å²) < 4.78 is 51.8. The molecule has 1 amide bonds. The SMILES string of the molecule is O=C(O)CC1Cc2cc(-c3ccc(C(F)(F)F)c(F)c3)ccc2NC1=O. The number of carbonyl (C=O) groups is 2. The number of hydrogen-bond donors (Lipinski definition) is 2. The molecule has 2 N–H and O–H groups in total. The van der Waals surface area contributed by atoms with Crippen molar-refractivity contribution in [2.75, 3.05) is 5.32 Å². The summed E-state index contributed by atoms with van der Waals surface area (Å²) >= 11 is 0. The summed E-state index contributed by atoms with van der Waals surface area (Å²) in [6.07, 6.45) is -4.92. The molecule has 136 valence electrons. The number of anilines is 1. The zero-order valence-electron chi connectivity index (χ0n) is 13.2. The largest absolute Gasteiger partial charge is 0.481 e. The number of alkyl halides is 3. The van der Waals surface area contributed by atoms with Crippen molar-refractivity contribution < 1.29 is 32.3 Å². The number of carbonyl (C=O) groups excluding carboxylic acids is 1. The molecular formula is C18H13F4NO3. The van der Waals surface area contributed by atoms with Gasteiger partial charge in [0, 0.05) is 5.69 Å². The van der Waals surface area contributed by atoms with E-state index >= 15 is 0 Å². The van der Waals surface area contributed by atoms with Gasteiger partial charge in [0.15, 0.2) is 0 Å². The number of carboxylic acid groups (broad SMARTS) is 1. The first kappa shape index (κ1) is 17.9. The minimum atomic E-state index is -4.77. The molecule has 1 heterocycles. The molecule has 0 aromatic heterocycles. The van der Waals surface area contributed by atoms with Crippen molar-refractivity contribution in [3.05, 3.63) is 53.3 Å². The van der Waals surface area contributed by atoms with Gasteiger partial charge in [0.1, 0.15) is 5.82 Å². The fraction of sp³-hybridized carbons (Fsp3) is 0.222. The second kappa shape index (κ2) is 6.44. The van der Waals surface area contributed by atoms with E-state index in [9.17, 15) is 27.2 Å². The van der Waals surface area contributed by atoms with Gasteiger partial charge in [-0.15, -0.1) is 0 Å². The predicted molar refractivity (Wildman–Crippen MR) is 84.9 cm³/mol. The van der Waals surface area contributed by atoms with E-state index < -0.39 is 35.4 Å². The van der Waals surface area contributed by atoms with E-state index in [0.717, 1.165) is 6.07 Å². The van der Waals surface area contributed by atoms with Crippen molar-refractivity contribution in [1.29, 1.82) is 0 Å². The zero-order chi connectivity index (χ0) is 19.1. The summed E-state index contributed by atoms with van der Waals surface area (Å²) in [6.45, 7) is 0. The van der Waals surface area contributed by atoms with Crippen LogP contribution in [0.25, 0.3) is 11.1 Å². The Morgan fingerprint density at radius 2 is 1.81 bits per heavy atom. The van der Waals surface area contributed by atoms with Crippen LogP contribution in [0.5, 0.6) is 0 Å². The highest BCUT2D eigenvalue weighted by molar-refractivity contribution is 5.97. The summed E-state index contributed by atoms with van der Waals surface area (Å²) in [6, 6.07) is 7.39. The van der Waals surface area contributed by atoms with Gasteiger partial charge in [-0.3, -0.25) is 9.59 Å². The lowest BCUT2D eigenvalue weighted by Gasteiger charge is -2.24. The molecular weight excluding hydrogens is 354 g/mol. The first-order chi connectivity index (χ1) is 12.1. The smallest absolute Gasteiger partial charge is 0.419 e. The maximum Gasteiger partial charge on any atom is 0.419 e. The van der Waals surface area contributed by atoms with Crippen LogP contribution in [0.2, 0.25) is 0 Å². The van der Waals surface area contributed by atoms with Gasteiger partial charge >= 0.3 is 12.1 Å². The van der Waals surface area contributed by atoms with Crippen molar-refractivity contribution in [1.82, 2.24) is 0 Å². The third-order valence-corrected chi connectivity index (χ3v) is 4.23. The number of hydrogen-bond acceptors (Lipinski definition) is 2. The van der Waals surface area contributed by atoms with E-state index in [1.54, 1.807) is 18.2 Å². The van der Waals surface area contributed by atoms with Crippen molar-refractivity contribution in [3.8, 4) is 11.1 Å². The fourth-order valence-corrected chi connectivity index (χ4v) is 2.96. The molecule has 0 radical (unpaired) electrons. The molecule has 0 spiro atoms. The maximum absolute atomic E-state index is 13.8. The molecule has 1 aliphatic rings. The normalized spacial score (nSPS) is 16.8. The summed E-state index contributed by atoms with van der Waals surface area (Å²) in [7, 11) is 0. The van der Waals surface area contributed by atoms with Crippen LogP contribution >= 0.6 is 0 Å². The Bertz CT molecular complexity index is 892. The Morgan fingerprint density at radius 1 is 1.15 bits per heavy atom. The van der Waals surface area contributed by atoms with E-state index in [1.165, 1.54) is 6.07 Å². The molecule has 26 heavy (non-hydrogen) atoms. The lowest BCUT2D eigenvalue weighted by atomic mass is 9.89. The number of fused-ring (bicyclic) bond motifs is 1. The van der Waals surface area contributed by atoms with E-state index in [4.69, 9.17) is 5.11 Å². The quantitative estimate of drug-likeness (QED) is 0.803. The summed E-state index contributed by atoms with van der Waals surface area (Å²) in [5.41, 5.74) is 0.543. The van der Waals surface area contributed by atoms with Crippen molar-refractivity contribution in [2.45, 2.75) is 19.0 Å². The molecule has 1 atom stereocenters. The van der Waals surface area contributed by atoms with Crippen LogP contribution < -0.4 is 5.32 Å². The van der Waals surface area contributed by atoms with E-state index in [0.29, 0.717) is 22.9 Å². The minimum Gasteiger partial charge on any atom is -0.481 e. The average Bonchev–Trinajstić information content (AvgIpc) is 2.53. The first-order valence-electron chi connectivity index (χ1n) is 7.68. The first-order valence-corrected chi connectivity index (χ1v) is 7.68. The minimum absolute atomic E-state index is 0.185. The highest BCUT2D eigenvalue weighted by Gasteiger charge is 2.34. The zero-order valence-corrected chi connectivity index (χ0v) is 13.2. The highest BCUT2D eigenvalue weighted by atomic mass is 19.4. The van der Waals surface area contributed by atoms with Gasteiger partial charge in [-0.2, -0.15) is 13.2 Å². The Labute approximate surface area is 145 Å². The van der Waals surface area contributed by atoms with Gasteiger partial charge < -0.3 is 10.4 Å². The molecule has 3 rings (SSSR count). The van der Waals surface area contributed by atoms with Crippen molar-refractivity contribution >= 4 is 17.6 Å². The monoisotopic (exact) mass is 367 g/mol. The van der Waals surface area contributed by atoms with Crippen molar-refractivity contribution in [2.24, 2.45) is 5.92 Å². The second-order valence-electron chi connectivity index (χ2n) is 6.05. The average molecular weight is 367 g/mol. The highest BCUT2D eigenvalue weighted by Crippen LogP contribution is 2.35. The Morgan fingerprint density at radius 3 is 2.42 bits per heavy atom. The molecule has 0 saturated carbocycles. The second-order valence-corrected chi connectivity index (χ2v) is 6.05. The summed E-state index contributed by atoms with van der Waals surface area (Å²) in [5.74, 6) is -3.60. The molecule has 0 fully saturated rings. The van der Waals surface area contributed by atoms with E-state index in [1.807, 2.05) is 0 Å². The maximum atomic E-state index is 13.8. The molecule has 0 bridgehead atoms. The van der Waals surface area contributed by atoms with Gasteiger partial charge in [-0.1, -0.05) is 12.1 Å². The van der Waals surface area contributed by atoms with Crippen LogP contribution in [0.1, 0.15) is 17.5 Å². The molecule has 0 aliphatic carbocycles. The fourth-order valence-electron chi connectivity index (χ4n) is 2.96. The number of carboxylic acids is 1. The van der Waals surface area contributed by atoms with Gasteiger partial charge in [0.25, 0.3) is 0 Å². The van der Waals surface area contributed by atoms with Crippen molar-refractivity contribution in [3.63, 3.8) is 0 Å². The van der Waals surface area contributed by atoms with Gasteiger partial charge in [-0.05, 0) is 47.4 Å². The van der Waals surface area contributed by atoms with Crippen LogP contribution in [-0.2, 0) is 22.2 Å². The Balaban J connectivity index is 1.93. The number of rotatable bonds is 3. The number of nitrogens with one attached hydrogen (secondary N) is 1. The third-order valence-electron chi connectivity index (χ3n) is 4.23. The van der Waals surface area contributed by atoms with Crippen LogP contribution in [0.4, 0.5) is 23.2 Å². The number of halogens is 4. The lowest BCUT2D eigenvalue weighted by Crippen LogP contribution is -2.31. The van der Waals surface area contributed by atoms with Gasteiger partial charge in [0.05, 0.1) is 17.9 Å². The van der Waals surface area contributed by atoms with Crippen LogP contribution in [0.3, 0.4) is 0 Å². The summed E-state index contributed by atoms with van der Waals surface area (Å²) in [4.78, 5) is 22.7. The molecule has 4 nitrogen and oxygen atoms in total. The van der Waals surface area contributed by atoms with Crippen LogP contribution in [0.15, 0.2) is 36.4 Å². The molecule has 0 saturated heterocycles. The lowest BCUT2D eigenvalue weighted by molar-refractivity contribution is -0.140. The van der Waals surface area contributed by atoms with E-state index in [2.05, 4.69) is 5.32 Å². The van der Waals surface area contributed by atoms with E-state index in [-0.39, 0.29) is 18.4 Å². The predicted octanol–water partition coefficient (Wildman–Crippen LogP) is 4.10. The van der Waals surface area contributed by atoms with Crippen LogP contribution in [0, 0.1) is 11.7 Å². The topological polar surface area (TPSA) is 66.4 Å². The number of amides is 1. The molecule has 8 heteroatoms. The molecule has 1 unspecified atom stereocenters. The standard InChI is InChI=1S/C18H13F4NO3/c19-14-7-10(1-3-13(14)18(20,21)22)9-2-4-15-11(5-9)6-12(8-16(24)25)17(26)23-15/h1-5,7,12H,6,8H2,(H,23,26)(H,24,25). The van der Waals surface area contributed by atoms with Gasteiger partial charge in [-0.25, -0.2) is 4.39 Å². The number of aliphatic carboxylic acids is 1. The number of benzene rings is 2. The van der Waals surface area contributed by atoms with Gasteiger partial charge in [0.2, 0.25) is 5.91 Å². The Kier molecular flexibility index (Phi) is 4.43. The van der Waals surface area contributed by atoms with Crippen LogP contribution in [-0.4, -0.2) is 17.0 Å².